The lowest BCUT2D eigenvalue weighted by Gasteiger charge is -2.60. The van der Waals surface area contributed by atoms with Crippen LogP contribution in [0.3, 0.4) is 0 Å². The second kappa shape index (κ2) is 14.7. The van der Waals surface area contributed by atoms with Crippen LogP contribution in [0.2, 0.25) is 0 Å². The zero-order valence-corrected chi connectivity index (χ0v) is 32.6. The highest BCUT2D eigenvalue weighted by atomic mass is 32.1. The first-order valence-electron chi connectivity index (χ1n) is 18.1. The van der Waals surface area contributed by atoms with Gasteiger partial charge >= 0.3 is 5.97 Å². The van der Waals surface area contributed by atoms with Crippen molar-refractivity contribution in [2.75, 3.05) is 32.4 Å². The molecule has 3 N–H and O–H groups in total. The number of ether oxygens (including phenoxy) is 4. The Hall–Kier alpha value is -5.43. The molecule has 3 aromatic carbocycles. The molecule has 14 nitrogen and oxygen atoms in total. The fourth-order valence-electron chi connectivity index (χ4n) is 9.00. The minimum Gasteiger partial charge on any atom is -0.504 e. The minimum atomic E-state index is -0.866. The van der Waals surface area contributed by atoms with Crippen LogP contribution in [-0.2, 0) is 27.2 Å². The average Bonchev–Trinajstić information content (AvgIpc) is 3.63. The number of aryl methyl sites for hydroxylation is 1. The Morgan fingerprint density at radius 2 is 1.80 bits per heavy atom. The molecule has 15 heteroatoms. The molecule has 4 aliphatic heterocycles. The monoisotopic (exact) mass is 768 g/mol. The number of esters is 1. The van der Waals surface area contributed by atoms with E-state index in [-0.39, 0.29) is 36.1 Å². The third kappa shape index (κ3) is 6.27. The molecule has 2 bridgehead atoms. The Kier molecular flexibility index (Phi) is 10.1. The lowest BCUT2D eigenvalue weighted by molar-refractivity contribution is -0.132. The highest BCUT2D eigenvalue weighted by Gasteiger charge is 2.57. The number of rotatable bonds is 7. The summed E-state index contributed by atoms with van der Waals surface area (Å²) in [5, 5.41) is 28.9. The quantitative estimate of drug-likeness (QED) is 0.180. The molecule has 0 radical (unpaired) electrons. The number of hydrogen-bond acceptors (Lipinski definition) is 12. The zero-order valence-electron chi connectivity index (χ0n) is 31.8. The van der Waals surface area contributed by atoms with Gasteiger partial charge in [-0.1, -0.05) is 24.3 Å². The number of aromatic hydroxyl groups is 1. The smallest absolute Gasteiger partial charge is 0.308 e. The van der Waals surface area contributed by atoms with Gasteiger partial charge in [-0.25, -0.2) is 0 Å². The average molecular weight is 769 g/mol. The number of carbonyl (C=O) groups excluding carboxylic acids is 3. The minimum absolute atomic E-state index is 0.0198. The van der Waals surface area contributed by atoms with E-state index in [9.17, 15) is 24.8 Å². The van der Waals surface area contributed by atoms with E-state index in [1.807, 2.05) is 33.0 Å². The molecule has 1 fully saturated rings. The van der Waals surface area contributed by atoms with Crippen molar-refractivity contribution in [2.24, 2.45) is 0 Å². The predicted octanol–water partition coefficient (Wildman–Crippen LogP) is 3.88. The fraction of sp³-hybridized carbons (Fsp3) is 0.425. The number of nitrogens with zero attached hydrogens (tertiary/aromatic N) is 4. The summed E-state index contributed by atoms with van der Waals surface area (Å²) in [6, 6.07) is 10.2. The van der Waals surface area contributed by atoms with Crippen molar-refractivity contribution in [3.05, 3.63) is 69.8 Å². The number of methoxy groups -OCH3 is 1. The summed E-state index contributed by atoms with van der Waals surface area (Å²) < 4.78 is 23.7. The molecule has 1 saturated heterocycles. The molecule has 7 rings (SSSR count). The normalized spacial score (nSPS) is 22.5. The maximum absolute atomic E-state index is 13.9. The van der Waals surface area contributed by atoms with Gasteiger partial charge in [0.2, 0.25) is 18.6 Å². The molecule has 1 unspecified atom stereocenters. The second-order valence-corrected chi connectivity index (χ2v) is 14.8. The van der Waals surface area contributed by atoms with Crippen molar-refractivity contribution in [3.63, 3.8) is 0 Å². The molecule has 3 aromatic rings. The number of fused-ring (bicyclic) bond motifs is 9. The summed E-state index contributed by atoms with van der Waals surface area (Å²) in [6.45, 7) is 8.03. The van der Waals surface area contributed by atoms with Crippen LogP contribution < -0.4 is 34.5 Å². The maximum atomic E-state index is 13.9. The lowest BCUT2D eigenvalue weighted by atomic mass is 9.71. The van der Waals surface area contributed by atoms with Crippen molar-refractivity contribution in [2.45, 2.75) is 83.7 Å². The standard InChI is InChI=1S/C40H44N6O8S/c1-19-13-24-14-27-29(16-41)46-28(33(44(27)6)31(24)34(49)35(19)51-7)15-26-32(38-37(52-18-53-38)20(2)36(26)54-23(5)48)30(46)17-42-39(50)21(3)43-40(55)45(22(4)47)25-11-9-8-10-12-25/h8-13,21,27-30,33,49H,14-15,17-18H2,1-7H3,(H,42,50)(H,43,55)/t21-,27-,28?,29-,30-,33+/m0/s1. The Morgan fingerprint density at radius 3 is 2.45 bits per heavy atom. The summed E-state index contributed by atoms with van der Waals surface area (Å²) in [7, 11) is 3.49. The Bertz CT molecular complexity index is 2140. The molecule has 6 atom stereocenters. The Morgan fingerprint density at radius 1 is 1.09 bits per heavy atom. The van der Waals surface area contributed by atoms with Crippen molar-refractivity contribution >= 4 is 40.8 Å². The van der Waals surface area contributed by atoms with Gasteiger partial charge in [0.25, 0.3) is 0 Å². The number of carbonyl (C=O) groups is 3. The van der Waals surface area contributed by atoms with Crippen LogP contribution in [0.15, 0.2) is 36.4 Å². The van der Waals surface area contributed by atoms with Gasteiger partial charge in [0, 0.05) is 54.7 Å². The highest BCUT2D eigenvalue weighted by molar-refractivity contribution is 7.80. The number of hydrogen-bond donors (Lipinski definition) is 3. The van der Waals surface area contributed by atoms with E-state index < -0.39 is 42.1 Å². The molecule has 0 aliphatic carbocycles. The van der Waals surface area contributed by atoms with Gasteiger partial charge < -0.3 is 34.7 Å². The van der Waals surface area contributed by atoms with E-state index >= 15 is 0 Å². The number of nitriles is 1. The van der Waals surface area contributed by atoms with E-state index in [1.54, 1.807) is 31.2 Å². The second-order valence-electron chi connectivity index (χ2n) is 14.4. The predicted molar refractivity (Wildman–Crippen MR) is 205 cm³/mol. The number of likely N-dealkylation sites (N-methyl/N-ethyl adjacent to an activating group) is 1. The van der Waals surface area contributed by atoms with Crippen molar-refractivity contribution < 1.29 is 38.4 Å². The maximum Gasteiger partial charge on any atom is 0.308 e. The van der Waals surface area contributed by atoms with Crippen molar-refractivity contribution in [1.29, 1.82) is 5.26 Å². The molecule has 4 heterocycles. The molecule has 55 heavy (non-hydrogen) atoms. The highest BCUT2D eigenvalue weighted by Crippen LogP contribution is 2.58. The first-order valence-corrected chi connectivity index (χ1v) is 18.5. The largest absolute Gasteiger partial charge is 0.504 e. The van der Waals surface area contributed by atoms with Crippen LogP contribution in [-0.4, -0.2) is 89.5 Å². The summed E-state index contributed by atoms with van der Waals surface area (Å²) >= 11 is 5.60. The van der Waals surface area contributed by atoms with Crippen molar-refractivity contribution in [1.82, 2.24) is 20.4 Å². The van der Waals surface area contributed by atoms with Crippen LogP contribution in [0.25, 0.3) is 0 Å². The lowest BCUT2D eigenvalue weighted by Crippen LogP contribution is -2.69. The van der Waals surface area contributed by atoms with E-state index in [4.69, 9.17) is 31.2 Å². The van der Waals surface area contributed by atoms with Crippen LogP contribution in [0.5, 0.6) is 28.7 Å². The number of piperazine rings is 1. The number of benzene rings is 3. The van der Waals surface area contributed by atoms with Gasteiger partial charge in [-0.3, -0.25) is 29.1 Å². The van der Waals surface area contributed by atoms with Crippen LogP contribution in [0, 0.1) is 25.2 Å². The molecule has 4 aliphatic rings. The third-order valence-corrected chi connectivity index (χ3v) is 11.5. The van der Waals surface area contributed by atoms with Gasteiger partial charge in [-0.2, -0.15) is 5.26 Å². The summed E-state index contributed by atoms with van der Waals surface area (Å²) in [5.41, 5.74) is 4.95. The topological polar surface area (TPSA) is 166 Å². The summed E-state index contributed by atoms with van der Waals surface area (Å²) in [6.07, 6.45) is 0.812. The molecule has 0 saturated carbocycles. The third-order valence-electron chi connectivity index (χ3n) is 11.2. The molecule has 2 amide bonds. The number of phenolic OH excluding ortho intramolecular Hbond substituents is 1. The van der Waals surface area contributed by atoms with Gasteiger partial charge in [0.1, 0.15) is 17.8 Å². The Labute approximate surface area is 324 Å². The number of phenols is 1. The van der Waals surface area contributed by atoms with E-state index in [1.165, 1.54) is 25.9 Å². The summed E-state index contributed by atoms with van der Waals surface area (Å²) in [5.74, 6) is 0.430. The van der Waals surface area contributed by atoms with E-state index in [0.717, 1.165) is 11.1 Å². The van der Waals surface area contributed by atoms with Gasteiger partial charge in [0.15, 0.2) is 28.1 Å². The van der Waals surface area contributed by atoms with Crippen LogP contribution >= 0.6 is 12.2 Å². The van der Waals surface area contributed by atoms with Gasteiger partial charge in [0.05, 0.1) is 31.0 Å². The SMILES string of the molecule is COc1c(C)cc2c(c1O)[C@H]1C3Cc4c(OC(C)=O)c(C)c5c(c4[C@H](CNC(=O)[C@H](C)NC(=S)N(C(C)=O)c4ccccc4)N3[C@@H](C#N)[C@H](C2)N1C)OCO5. The van der Waals surface area contributed by atoms with Crippen LogP contribution in [0.4, 0.5) is 5.69 Å². The molecule has 0 aromatic heterocycles. The van der Waals surface area contributed by atoms with Crippen LogP contribution in [0.1, 0.15) is 66.2 Å². The first-order chi connectivity index (χ1) is 26.3. The van der Waals surface area contributed by atoms with Gasteiger partial charge in [-0.15, -0.1) is 0 Å². The molecular formula is C40H44N6O8S. The molecule has 288 valence electrons. The van der Waals surface area contributed by atoms with Crippen molar-refractivity contribution in [3.8, 4) is 34.8 Å². The van der Waals surface area contributed by atoms with E-state index in [0.29, 0.717) is 63.8 Å². The number of anilines is 1. The fourth-order valence-corrected chi connectivity index (χ4v) is 9.41. The zero-order chi connectivity index (χ0) is 39.5. The van der Waals surface area contributed by atoms with Gasteiger partial charge in [-0.05, 0) is 76.1 Å². The number of nitrogens with one attached hydrogen (secondary N) is 2. The number of thiocarbonyl (C=S) groups is 1. The number of para-hydroxylation sites is 1. The summed E-state index contributed by atoms with van der Waals surface area (Å²) in [4.78, 5) is 44.8. The molecule has 0 spiro atoms. The first kappa shape index (κ1) is 37.9. The van der Waals surface area contributed by atoms with E-state index in [2.05, 4.69) is 26.5 Å². The number of amides is 2. The molecular weight excluding hydrogens is 725 g/mol. The Balaban J connectivity index is 1.31.